The molecule has 0 spiro atoms. The second-order valence-corrected chi connectivity index (χ2v) is 11.1. The molecule has 1 amide bonds. The van der Waals surface area contributed by atoms with E-state index in [1.807, 2.05) is 19.9 Å². The Morgan fingerprint density at radius 1 is 1.13 bits per heavy atom. The second kappa shape index (κ2) is 9.45. The number of carbonyl (C=O) groups is 1. The van der Waals surface area contributed by atoms with Gasteiger partial charge >= 0.3 is 0 Å². The highest BCUT2D eigenvalue weighted by molar-refractivity contribution is 7.89. The van der Waals surface area contributed by atoms with Crippen molar-refractivity contribution in [3.05, 3.63) is 63.9 Å². The van der Waals surface area contributed by atoms with E-state index in [1.54, 1.807) is 12.1 Å². The van der Waals surface area contributed by atoms with Crippen LogP contribution in [0.4, 0.5) is 4.39 Å². The minimum atomic E-state index is -3.92. The van der Waals surface area contributed by atoms with E-state index in [1.165, 1.54) is 22.5 Å². The molecule has 0 bridgehead atoms. The van der Waals surface area contributed by atoms with Gasteiger partial charge in [-0.05, 0) is 42.7 Å². The van der Waals surface area contributed by atoms with E-state index in [9.17, 15) is 17.6 Å². The first-order chi connectivity index (χ1) is 14.5. The van der Waals surface area contributed by atoms with Crippen molar-refractivity contribution in [2.75, 3.05) is 19.6 Å². The Bertz CT molecular complexity index is 1070. The highest BCUT2D eigenvalue weighted by Crippen LogP contribution is 2.30. The molecule has 31 heavy (non-hydrogen) atoms. The minimum Gasteiger partial charge on any atom is -0.355 e. The lowest BCUT2D eigenvalue weighted by Crippen LogP contribution is -2.45. The summed E-state index contributed by atoms with van der Waals surface area (Å²) in [5.41, 5.74) is 0.590. The van der Waals surface area contributed by atoms with Crippen LogP contribution < -0.4 is 5.32 Å². The summed E-state index contributed by atoms with van der Waals surface area (Å²) in [4.78, 5) is 12.4. The maximum Gasteiger partial charge on any atom is 0.245 e. The molecule has 1 fully saturated rings. The molecule has 0 atom stereocenters. The lowest BCUT2D eigenvalue weighted by Gasteiger charge is -2.32. The van der Waals surface area contributed by atoms with Gasteiger partial charge in [0.15, 0.2) is 0 Å². The predicted octanol–water partition coefficient (Wildman–Crippen LogP) is 4.63. The van der Waals surface area contributed by atoms with Crippen molar-refractivity contribution < 1.29 is 17.6 Å². The molecule has 5 nitrogen and oxygen atoms in total. The number of halogens is 3. The number of benzene rings is 2. The second-order valence-electron chi connectivity index (χ2n) is 8.34. The van der Waals surface area contributed by atoms with Crippen LogP contribution in [-0.2, 0) is 20.2 Å². The summed E-state index contributed by atoms with van der Waals surface area (Å²) in [5.74, 6) is -1.18. The average molecular weight is 487 g/mol. The van der Waals surface area contributed by atoms with E-state index >= 15 is 0 Å². The Morgan fingerprint density at radius 3 is 2.39 bits per heavy atom. The monoisotopic (exact) mass is 486 g/mol. The molecule has 0 radical (unpaired) electrons. The van der Waals surface area contributed by atoms with Gasteiger partial charge in [0.1, 0.15) is 10.7 Å². The number of rotatable bonds is 6. The van der Waals surface area contributed by atoms with Gasteiger partial charge < -0.3 is 5.32 Å². The first-order valence-corrected chi connectivity index (χ1v) is 12.2. The number of hydrogen-bond acceptors (Lipinski definition) is 3. The molecule has 1 heterocycles. The van der Waals surface area contributed by atoms with Crippen LogP contribution in [0.25, 0.3) is 0 Å². The zero-order chi connectivity index (χ0) is 22.8. The topological polar surface area (TPSA) is 66.5 Å². The zero-order valence-corrected chi connectivity index (χ0v) is 19.7. The van der Waals surface area contributed by atoms with E-state index in [4.69, 9.17) is 23.2 Å². The van der Waals surface area contributed by atoms with Crippen LogP contribution in [0.15, 0.2) is 47.4 Å². The molecule has 2 aromatic rings. The molecular weight excluding hydrogens is 462 g/mol. The largest absolute Gasteiger partial charge is 0.355 e. The van der Waals surface area contributed by atoms with E-state index in [0.29, 0.717) is 29.4 Å². The predicted molar refractivity (Wildman–Crippen MR) is 120 cm³/mol. The van der Waals surface area contributed by atoms with Gasteiger partial charge in [0.05, 0.1) is 10.0 Å². The number of hydrogen-bond donors (Lipinski definition) is 1. The van der Waals surface area contributed by atoms with Gasteiger partial charge in [0.2, 0.25) is 15.9 Å². The summed E-state index contributed by atoms with van der Waals surface area (Å²) in [5, 5.41) is 3.91. The molecule has 2 aromatic carbocycles. The van der Waals surface area contributed by atoms with Gasteiger partial charge in [-0.1, -0.05) is 55.2 Å². The molecule has 0 unspecified atom stereocenters. The molecule has 3 rings (SSSR count). The molecule has 0 aromatic heterocycles. The third-order valence-corrected chi connectivity index (χ3v) is 8.36. The van der Waals surface area contributed by atoms with E-state index in [2.05, 4.69) is 5.32 Å². The highest BCUT2D eigenvalue weighted by atomic mass is 35.5. The summed E-state index contributed by atoms with van der Waals surface area (Å²) in [6, 6.07) is 10.7. The van der Waals surface area contributed by atoms with Crippen molar-refractivity contribution in [3.8, 4) is 0 Å². The maximum atomic E-state index is 14.0. The molecule has 1 aliphatic rings. The molecule has 9 heteroatoms. The molecule has 1 N–H and O–H groups in total. The van der Waals surface area contributed by atoms with E-state index in [0.717, 1.165) is 11.6 Å². The number of sulfonamides is 1. The van der Waals surface area contributed by atoms with Crippen molar-refractivity contribution >= 4 is 39.1 Å². The maximum absolute atomic E-state index is 14.0. The van der Waals surface area contributed by atoms with Crippen LogP contribution in [0.5, 0.6) is 0 Å². The van der Waals surface area contributed by atoms with Gasteiger partial charge in [-0.15, -0.1) is 0 Å². The van der Waals surface area contributed by atoms with Crippen LogP contribution in [0.1, 0.15) is 32.3 Å². The summed E-state index contributed by atoms with van der Waals surface area (Å²) >= 11 is 12.1. The van der Waals surface area contributed by atoms with Gasteiger partial charge in [-0.25, -0.2) is 12.8 Å². The van der Waals surface area contributed by atoms with E-state index in [-0.39, 0.29) is 35.2 Å². The van der Waals surface area contributed by atoms with Gasteiger partial charge in [0.25, 0.3) is 0 Å². The number of nitrogens with one attached hydrogen (secondary N) is 1. The number of amides is 1. The number of carbonyl (C=O) groups excluding carboxylic acids is 1. The summed E-state index contributed by atoms with van der Waals surface area (Å²) in [7, 11) is -3.92. The Hall–Kier alpha value is -1.67. The first-order valence-electron chi connectivity index (χ1n) is 10.0. The lowest BCUT2D eigenvalue weighted by molar-refractivity contribution is -0.126. The van der Waals surface area contributed by atoms with Crippen LogP contribution >= 0.6 is 23.2 Å². The summed E-state index contributed by atoms with van der Waals surface area (Å²) in [6.07, 6.45) is 0.763. The Balaban J connectivity index is 1.58. The van der Waals surface area contributed by atoms with Crippen LogP contribution in [0, 0.1) is 11.7 Å². The zero-order valence-electron chi connectivity index (χ0n) is 17.4. The fourth-order valence-corrected chi connectivity index (χ4v) is 5.46. The Kier molecular flexibility index (Phi) is 7.31. The standard InChI is InChI=1S/C22H25Cl2FN2O3S/c1-22(2,16-7-8-17(23)18(24)13-16)14-26-21(28)15-9-11-27(12-10-15)31(29,30)20-6-4-3-5-19(20)25/h3-8,13,15H,9-12,14H2,1-2H3,(H,26,28). The van der Waals surface area contributed by atoms with Crippen molar-refractivity contribution in [1.82, 2.24) is 9.62 Å². The average Bonchev–Trinajstić information content (AvgIpc) is 2.74. The third-order valence-electron chi connectivity index (χ3n) is 5.68. The normalized spacial score (nSPS) is 16.3. The quantitative estimate of drug-likeness (QED) is 0.647. The highest BCUT2D eigenvalue weighted by Gasteiger charge is 2.34. The minimum absolute atomic E-state index is 0.115. The molecule has 0 aliphatic carbocycles. The van der Waals surface area contributed by atoms with Crippen LogP contribution in [0.2, 0.25) is 10.0 Å². The van der Waals surface area contributed by atoms with Crippen LogP contribution in [0.3, 0.4) is 0 Å². The fraction of sp³-hybridized carbons (Fsp3) is 0.409. The fourth-order valence-electron chi connectivity index (χ4n) is 3.62. The third kappa shape index (κ3) is 5.40. The molecular formula is C22H25Cl2FN2O3S. The molecule has 0 saturated carbocycles. The van der Waals surface area contributed by atoms with Crippen LogP contribution in [-0.4, -0.2) is 38.3 Å². The molecule has 168 valence electrons. The van der Waals surface area contributed by atoms with Gasteiger partial charge in [0, 0.05) is 31.0 Å². The Morgan fingerprint density at radius 2 is 1.77 bits per heavy atom. The smallest absolute Gasteiger partial charge is 0.245 e. The Labute approximate surface area is 192 Å². The van der Waals surface area contributed by atoms with Gasteiger partial charge in [-0.3, -0.25) is 4.79 Å². The van der Waals surface area contributed by atoms with Crippen molar-refractivity contribution in [2.24, 2.45) is 5.92 Å². The number of nitrogens with zero attached hydrogens (tertiary/aromatic N) is 1. The van der Waals surface area contributed by atoms with Crippen molar-refractivity contribution in [2.45, 2.75) is 37.0 Å². The summed E-state index contributed by atoms with van der Waals surface area (Å²) < 4.78 is 40.6. The van der Waals surface area contributed by atoms with Crippen molar-refractivity contribution in [1.29, 1.82) is 0 Å². The first kappa shape index (κ1) is 24.0. The number of piperidine rings is 1. The van der Waals surface area contributed by atoms with Crippen molar-refractivity contribution in [3.63, 3.8) is 0 Å². The van der Waals surface area contributed by atoms with E-state index < -0.39 is 15.8 Å². The molecule has 1 saturated heterocycles. The summed E-state index contributed by atoms with van der Waals surface area (Å²) in [6.45, 7) is 4.74. The lowest BCUT2D eigenvalue weighted by atomic mass is 9.84. The van der Waals surface area contributed by atoms with Gasteiger partial charge in [-0.2, -0.15) is 4.31 Å². The SMILES string of the molecule is CC(C)(CNC(=O)C1CCN(S(=O)(=O)c2ccccc2F)CC1)c1ccc(Cl)c(Cl)c1. The molecule has 1 aliphatic heterocycles.